The van der Waals surface area contributed by atoms with E-state index in [1.807, 2.05) is 31.2 Å². The molecule has 1 unspecified atom stereocenters. The summed E-state index contributed by atoms with van der Waals surface area (Å²) in [5, 5.41) is 11.4. The summed E-state index contributed by atoms with van der Waals surface area (Å²) in [7, 11) is -4.24. The van der Waals surface area contributed by atoms with Gasteiger partial charge >= 0.3 is 7.82 Å². The van der Waals surface area contributed by atoms with Crippen molar-refractivity contribution in [3.63, 3.8) is 0 Å². The van der Waals surface area contributed by atoms with Crippen LogP contribution in [0.1, 0.15) is 17.4 Å². The number of rotatable bonds is 4. The van der Waals surface area contributed by atoms with Crippen molar-refractivity contribution in [2.75, 3.05) is 12.3 Å². The van der Waals surface area contributed by atoms with Gasteiger partial charge in [-0.1, -0.05) is 41.6 Å². The topological polar surface area (TPSA) is 155 Å². The van der Waals surface area contributed by atoms with Gasteiger partial charge in [-0.05, 0) is 12.5 Å². The third kappa shape index (κ3) is 3.85. The second kappa shape index (κ2) is 7.82. The molecule has 4 heterocycles. The minimum absolute atomic E-state index is 0.179. The summed E-state index contributed by atoms with van der Waals surface area (Å²) in [4.78, 5) is 22.5. The number of nitrogens with two attached hydrogens (primary N) is 1. The van der Waals surface area contributed by atoms with Crippen molar-refractivity contribution in [2.45, 2.75) is 42.4 Å². The molecule has 0 radical (unpaired) electrons. The van der Waals surface area contributed by atoms with E-state index in [0.717, 1.165) is 11.1 Å². The number of imidazole rings is 1. The van der Waals surface area contributed by atoms with Crippen LogP contribution in [0.15, 0.2) is 35.7 Å². The van der Waals surface area contributed by atoms with Gasteiger partial charge in [0, 0.05) is 5.75 Å². The molecule has 2 aromatic heterocycles. The molecule has 0 spiro atoms. The largest absolute Gasteiger partial charge is 0.472 e. The number of anilines is 1. The van der Waals surface area contributed by atoms with E-state index in [0.29, 0.717) is 22.1 Å². The zero-order valence-corrected chi connectivity index (χ0v) is 18.1. The van der Waals surface area contributed by atoms with Gasteiger partial charge in [0.15, 0.2) is 28.4 Å². The maximum atomic E-state index is 11.8. The van der Waals surface area contributed by atoms with Gasteiger partial charge in [-0.2, -0.15) is 0 Å². The summed E-state index contributed by atoms with van der Waals surface area (Å²) in [5.41, 5.74) is 9.01. The number of nitrogen functional groups attached to an aromatic ring is 1. The summed E-state index contributed by atoms with van der Waals surface area (Å²) in [6.45, 7) is 1.84. The predicted octanol–water partition coefficient (Wildman–Crippen LogP) is 1.78. The van der Waals surface area contributed by atoms with Crippen molar-refractivity contribution in [3.05, 3.63) is 41.7 Å². The van der Waals surface area contributed by atoms with Gasteiger partial charge in [-0.25, -0.2) is 19.5 Å². The Morgan fingerprint density at radius 2 is 2.10 bits per heavy atom. The van der Waals surface area contributed by atoms with E-state index < -0.39 is 32.4 Å². The number of phosphoric acid groups is 1. The Balaban J connectivity index is 1.51. The van der Waals surface area contributed by atoms with Crippen LogP contribution in [0.2, 0.25) is 0 Å². The van der Waals surface area contributed by atoms with E-state index in [-0.39, 0.29) is 12.4 Å². The van der Waals surface area contributed by atoms with E-state index in [1.54, 1.807) is 4.57 Å². The highest BCUT2D eigenvalue weighted by molar-refractivity contribution is 7.98. The molecule has 31 heavy (non-hydrogen) atoms. The number of aromatic nitrogens is 4. The van der Waals surface area contributed by atoms with Crippen LogP contribution in [-0.2, 0) is 24.1 Å². The lowest BCUT2D eigenvalue weighted by Gasteiger charge is -2.27. The Hall–Kier alpha value is -2.05. The van der Waals surface area contributed by atoms with Crippen LogP contribution < -0.4 is 5.73 Å². The zero-order chi connectivity index (χ0) is 21.8. The molecule has 0 bridgehead atoms. The van der Waals surface area contributed by atoms with Gasteiger partial charge in [0.1, 0.15) is 24.6 Å². The standard InChI is InChI=1S/C18H20N5O6PS/c1-9-2-4-10(5-3-9)7-31-18-22-12-15(19)20-8-21-16(12)23(18)17-13(24)14-11(28-17)6-27-30(25,26)29-14/h2-5,8,11,13-14,17,24H,6-7H2,1H3,(H,25,26)(H2,19,20,21)/t11-,13-,14-,17-/m1/s1. The number of hydrogen-bond donors (Lipinski definition) is 3. The van der Waals surface area contributed by atoms with E-state index in [9.17, 15) is 14.6 Å². The lowest BCUT2D eigenvalue weighted by Crippen LogP contribution is -2.39. The summed E-state index contributed by atoms with van der Waals surface area (Å²) >= 11 is 1.42. The van der Waals surface area contributed by atoms with Gasteiger partial charge in [0.2, 0.25) is 0 Å². The number of aliphatic hydroxyl groups is 1. The molecule has 11 nitrogen and oxygen atoms in total. The lowest BCUT2D eigenvalue weighted by atomic mass is 10.1. The minimum Gasteiger partial charge on any atom is -0.386 e. The molecule has 4 N–H and O–H groups in total. The van der Waals surface area contributed by atoms with Crippen LogP contribution in [0.5, 0.6) is 0 Å². The van der Waals surface area contributed by atoms with Gasteiger partial charge in [0.25, 0.3) is 0 Å². The number of thioether (sulfide) groups is 1. The average molecular weight is 465 g/mol. The first kappa shape index (κ1) is 20.8. The maximum Gasteiger partial charge on any atom is 0.472 e. The van der Waals surface area contributed by atoms with Gasteiger partial charge < -0.3 is 20.5 Å². The van der Waals surface area contributed by atoms with Crippen molar-refractivity contribution >= 4 is 36.6 Å². The Labute approximate surface area is 181 Å². The molecule has 2 aliphatic heterocycles. The Kier molecular flexibility index (Phi) is 5.25. The molecule has 13 heteroatoms. The first-order chi connectivity index (χ1) is 14.8. The lowest BCUT2D eigenvalue weighted by molar-refractivity contribution is -0.0684. The second-order valence-corrected chi connectivity index (χ2v) is 9.71. The highest BCUT2D eigenvalue weighted by Crippen LogP contribution is 2.53. The van der Waals surface area contributed by atoms with E-state index >= 15 is 0 Å². The molecular formula is C18H20N5O6PS. The molecule has 0 aliphatic carbocycles. The summed E-state index contributed by atoms with van der Waals surface area (Å²) in [6, 6.07) is 8.12. The molecule has 2 fully saturated rings. The normalized spacial score (nSPS) is 30.5. The van der Waals surface area contributed by atoms with Gasteiger partial charge in [-0.3, -0.25) is 13.6 Å². The SMILES string of the molecule is Cc1ccc(CSc2nc3c(N)ncnc3n2[C@@H]2O[C@@H]3COP(=O)(O)O[C@H]3[C@H]2O)cc1. The molecule has 2 saturated heterocycles. The third-order valence-electron chi connectivity index (χ3n) is 5.18. The fourth-order valence-electron chi connectivity index (χ4n) is 3.62. The summed E-state index contributed by atoms with van der Waals surface area (Å²) in [5.74, 6) is 0.809. The number of benzene rings is 1. The first-order valence-corrected chi connectivity index (χ1v) is 12.0. The second-order valence-electron chi connectivity index (χ2n) is 7.36. The van der Waals surface area contributed by atoms with Crippen LogP contribution in [0, 0.1) is 6.92 Å². The van der Waals surface area contributed by atoms with Crippen LogP contribution in [-0.4, -0.2) is 54.4 Å². The fourth-order valence-corrected chi connectivity index (χ4v) is 5.56. The van der Waals surface area contributed by atoms with Crippen LogP contribution in [0.3, 0.4) is 0 Å². The predicted molar refractivity (Wildman–Crippen MR) is 111 cm³/mol. The highest BCUT2D eigenvalue weighted by atomic mass is 32.2. The Bertz CT molecular complexity index is 1170. The number of nitrogens with zero attached hydrogens (tertiary/aromatic N) is 4. The first-order valence-electron chi connectivity index (χ1n) is 9.48. The molecular weight excluding hydrogens is 445 g/mol. The molecule has 5 atom stereocenters. The Morgan fingerprint density at radius 1 is 1.32 bits per heavy atom. The molecule has 3 aromatic rings. The number of aliphatic hydroxyl groups excluding tert-OH is 1. The van der Waals surface area contributed by atoms with Crippen LogP contribution in [0.25, 0.3) is 11.2 Å². The number of phosphoric ester groups is 1. The zero-order valence-electron chi connectivity index (χ0n) is 16.4. The smallest absolute Gasteiger partial charge is 0.386 e. The minimum atomic E-state index is -4.24. The van der Waals surface area contributed by atoms with Crippen molar-refractivity contribution in [1.82, 2.24) is 19.5 Å². The monoisotopic (exact) mass is 465 g/mol. The fraction of sp³-hybridized carbons (Fsp3) is 0.389. The van der Waals surface area contributed by atoms with E-state index in [2.05, 4.69) is 15.0 Å². The summed E-state index contributed by atoms with van der Waals surface area (Å²) in [6.07, 6.45) is -2.65. The molecule has 5 rings (SSSR count). The number of hydrogen-bond acceptors (Lipinski definition) is 10. The molecule has 0 amide bonds. The van der Waals surface area contributed by atoms with Crippen LogP contribution in [0.4, 0.5) is 5.82 Å². The number of aryl methyl sites for hydroxylation is 1. The third-order valence-corrected chi connectivity index (χ3v) is 7.19. The summed E-state index contributed by atoms with van der Waals surface area (Å²) < 4.78 is 29.3. The molecule has 1 aromatic carbocycles. The van der Waals surface area contributed by atoms with E-state index in [1.165, 1.54) is 18.1 Å². The molecule has 164 valence electrons. The van der Waals surface area contributed by atoms with Crippen LogP contribution >= 0.6 is 19.6 Å². The molecule has 2 aliphatic rings. The number of fused-ring (bicyclic) bond motifs is 2. The van der Waals surface area contributed by atoms with Crippen molar-refractivity contribution in [1.29, 1.82) is 0 Å². The Morgan fingerprint density at radius 3 is 2.87 bits per heavy atom. The highest BCUT2D eigenvalue weighted by Gasteiger charge is 2.53. The van der Waals surface area contributed by atoms with E-state index in [4.69, 9.17) is 19.5 Å². The van der Waals surface area contributed by atoms with Crippen molar-refractivity contribution in [3.8, 4) is 0 Å². The molecule has 0 saturated carbocycles. The van der Waals surface area contributed by atoms with Crippen molar-refractivity contribution in [2.24, 2.45) is 0 Å². The quantitative estimate of drug-likeness (QED) is 0.381. The average Bonchev–Trinajstić information content (AvgIpc) is 3.25. The van der Waals surface area contributed by atoms with Gasteiger partial charge in [0.05, 0.1) is 6.61 Å². The van der Waals surface area contributed by atoms with Gasteiger partial charge in [-0.15, -0.1) is 0 Å². The number of ether oxygens (including phenoxy) is 1. The van der Waals surface area contributed by atoms with Crippen molar-refractivity contribution < 1.29 is 28.3 Å². The maximum absolute atomic E-state index is 11.8.